The highest BCUT2D eigenvalue weighted by Crippen LogP contribution is 2.37. The molecule has 0 amide bonds. The molecule has 0 radical (unpaired) electrons. The van der Waals surface area contributed by atoms with E-state index in [9.17, 15) is 4.79 Å². The van der Waals surface area contributed by atoms with Crippen molar-refractivity contribution in [2.75, 3.05) is 18.0 Å². The first-order valence-corrected chi connectivity index (χ1v) is 11.4. The molecule has 1 saturated heterocycles. The third kappa shape index (κ3) is 6.28. The van der Waals surface area contributed by atoms with Crippen molar-refractivity contribution in [3.05, 3.63) is 83.4 Å². The fourth-order valence-electron chi connectivity index (χ4n) is 3.63. The fraction of sp³-hybridized carbons (Fsp3) is 0.269. The van der Waals surface area contributed by atoms with Crippen LogP contribution in [0.3, 0.4) is 0 Å². The first kappa shape index (κ1) is 22.8. The predicted molar refractivity (Wildman–Crippen MR) is 128 cm³/mol. The van der Waals surface area contributed by atoms with Crippen LogP contribution in [0, 0.1) is 13.8 Å². The molecular weight excluding hydrogens is 406 g/mol. The summed E-state index contributed by atoms with van der Waals surface area (Å²) in [4.78, 5) is 15.6. The van der Waals surface area contributed by atoms with Gasteiger partial charge in [0.2, 0.25) is 0 Å². The van der Waals surface area contributed by atoms with Gasteiger partial charge >= 0.3 is 5.97 Å². The van der Waals surface area contributed by atoms with Crippen LogP contribution < -0.4 is 4.90 Å². The number of aryl methyl sites for hydroxylation is 2. The maximum Gasteiger partial charge on any atom is 0.339 e. The molecule has 5 heteroatoms. The quantitative estimate of drug-likeness (QED) is 0.487. The summed E-state index contributed by atoms with van der Waals surface area (Å²) in [5.41, 5.74) is 4.04. The van der Waals surface area contributed by atoms with E-state index < -0.39 is 5.97 Å². The second-order valence-corrected chi connectivity index (χ2v) is 8.79. The zero-order valence-corrected chi connectivity index (χ0v) is 18.9. The second-order valence-electron chi connectivity index (χ2n) is 7.71. The summed E-state index contributed by atoms with van der Waals surface area (Å²) in [6.45, 7) is 6.76. The molecule has 4 rings (SSSR count). The Morgan fingerprint density at radius 3 is 2.19 bits per heavy atom. The molecule has 1 heterocycles. The molecule has 0 aliphatic carbocycles. The van der Waals surface area contributed by atoms with E-state index in [-0.39, 0.29) is 11.3 Å². The molecule has 0 saturated carbocycles. The van der Waals surface area contributed by atoms with Gasteiger partial charge in [0, 0.05) is 22.9 Å². The number of phenols is 1. The summed E-state index contributed by atoms with van der Waals surface area (Å²) in [5, 5.41) is 17.3. The monoisotopic (exact) mass is 435 g/mol. The van der Waals surface area contributed by atoms with Gasteiger partial charge in [-0.2, -0.15) is 0 Å². The Balaban J connectivity index is 0.000000229. The Kier molecular flexibility index (Phi) is 8.01. The fourth-order valence-corrected chi connectivity index (χ4v) is 4.67. The Bertz CT molecular complexity index is 1030. The van der Waals surface area contributed by atoms with Crippen molar-refractivity contribution in [1.82, 2.24) is 0 Å². The number of para-hydroxylation sites is 2. The highest BCUT2D eigenvalue weighted by atomic mass is 32.2. The second kappa shape index (κ2) is 10.9. The average Bonchev–Trinajstić information content (AvgIpc) is 2.77. The molecule has 0 aromatic heterocycles. The van der Waals surface area contributed by atoms with Gasteiger partial charge in [0.1, 0.15) is 11.3 Å². The third-order valence-corrected chi connectivity index (χ3v) is 6.49. The maximum absolute atomic E-state index is 10.3. The van der Waals surface area contributed by atoms with Crippen LogP contribution in [0.5, 0.6) is 5.75 Å². The molecule has 3 aromatic carbocycles. The highest BCUT2D eigenvalue weighted by molar-refractivity contribution is 7.99. The molecule has 1 aliphatic heterocycles. The summed E-state index contributed by atoms with van der Waals surface area (Å²) in [6.07, 6.45) is 4.02. The number of hydrogen-bond donors (Lipinski definition) is 2. The first-order chi connectivity index (χ1) is 15.0. The van der Waals surface area contributed by atoms with Crippen molar-refractivity contribution in [3.63, 3.8) is 0 Å². The predicted octanol–water partition coefficient (Wildman–Crippen LogP) is 6.54. The van der Waals surface area contributed by atoms with Crippen LogP contribution in [0.25, 0.3) is 0 Å². The van der Waals surface area contributed by atoms with Crippen LogP contribution in [0.15, 0.2) is 76.5 Å². The van der Waals surface area contributed by atoms with Crippen molar-refractivity contribution in [2.45, 2.75) is 42.9 Å². The molecule has 3 aromatic rings. The summed E-state index contributed by atoms with van der Waals surface area (Å²) in [6, 6.07) is 21.4. The minimum absolute atomic E-state index is 0.0671. The topological polar surface area (TPSA) is 60.8 Å². The van der Waals surface area contributed by atoms with Gasteiger partial charge in [-0.3, -0.25) is 0 Å². The number of carbonyl (C=O) groups is 1. The SMILES string of the molecule is Cc1ccc(Sc2ccccc2N2CCCCC2)c(C)c1.O=C(O)c1ccccc1O. The Morgan fingerprint density at radius 2 is 1.55 bits per heavy atom. The van der Waals surface area contributed by atoms with Crippen LogP contribution in [-0.4, -0.2) is 29.3 Å². The molecule has 2 N–H and O–H groups in total. The van der Waals surface area contributed by atoms with Gasteiger partial charge < -0.3 is 15.1 Å². The van der Waals surface area contributed by atoms with E-state index in [4.69, 9.17) is 10.2 Å². The number of nitrogens with zero attached hydrogens (tertiary/aromatic N) is 1. The number of piperidine rings is 1. The Labute approximate surface area is 188 Å². The van der Waals surface area contributed by atoms with E-state index in [1.54, 1.807) is 12.1 Å². The van der Waals surface area contributed by atoms with Gasteiger partial charge in [-0.05, 0) is 69.0 Å². The van der Waals surface area contributed by atoms with E-state index in [1.807, 2.05) is 11.8 Å². The van der Waals surface area contributed by atoms with E-state index in [0.29, 0.717) is 0 Å². The Morgan fingerprint density at radius 1 is 0.871 bits per heavy atom. The van der Waals surface area contributed by atoms with Gasteiger partial charge in [-0.25, -0.2) is 4.79 Å². The van der Waals surface area contributed by atoms with Gasteiger partial charge in [-0.15, -0.1) is 0 Å². The number of benzene rings is 3. The third-order valence-electron chi connectivity index (χ3n) is 5.25. The zero-order valence-electron chi connectivity index (χ0n) is 18.0. The normalized spacial score (nSPS) is 13.3. The maximum atomic E-state index is 10.3. The number of rotatable bonds is 4. The minimum atomic E-state index is -1.11. The largest absolute Gasteiger partial charge is 0.507 e. The first-order valence-electron chi connectivity index (χ1n) is 10.6. The van der Waals surface area contributed by atoms with Gasteiger partial charge in [-0.1, -0.05) is 53.7 Å². The van der Waals surface area contributed by atoms with Crippen molar-refractivity contribution < 1.29 is 15.0 Å². The summed E-state index contributed by atoms with van der Waals surface area (Å²) >= 11 is 1.90. The Hall–Kier alpha value is -2.92. The summed E-state index contributed by atoms with van der Waals surface area (Å²) < 4.78 is 0. The van der Waals surface area contributed by atoms with Crippen LogP contribution >= 0.6 is 11.8 Å². The van der Waals surface area contributed by atoms with Crippen molar-refractivity contribution in [3.8, 4) is 5.75 Å². The van der Waals surface area contributed by atoms with E-state index in [0.717, 1.165) is 0 Å². The number of aromatic carboxylic acids is 1. The lowest BCUT2D eigenvalue weighted by Gasteiger charge is -2.30. The molecule has 1 aliphatic rings. The smallest absolute Gasteiger partial charge is 0.339 e. The van der Waals surface area contributed by atoms with E-state index >= 15 is 0 Å². The molecule has 0 bridgehead atoms. The lowest BCUT2D eigenvalue weighted by molar-refractivity contribution is 0.0693. The van der Waals surface area contributed by atoms with Crippen LogP contribution in [-0.2, 0) is 0 Å². The lowest BCUT2D eigenvalue weighted by Crippen LogP contribution is -2.29. The molecule has 0 atom stereocenters. The van der Waals surface area contributed by atoms with Crippen LogP contribution in [0.1, 0.15) is 40.7 Å². The summed E-state index contributed by atoms with van der Waals surface area (Å²) in [5.74, 6) is -1.31. The number of aromatic hydroxyl groups is 1. The summed E-state index contributed by atoms with van der Waals surface area (Å²) in [7, 11) is 0. The van der Waals surface area contributed by atoms with Crippen molar-refractivity contribution in [2.24, 2.45) is 0 Å². The lowest BCUT2D eigenvalue weighted by atomic mass is 10.1. The van der Waals surface area contributed by atoms with Crippen LogP contribution in [0.2, 0.25) is 0 Å². The molecule has 1 fully saturated rings. The number of anilines is 1. The van der Waals surface area contributed by atoms with Crippen molar-refractivity contribution >= 4 is 23.4 Å². The van der Waals surface area contributed by atoms with E-state index in [2.05, 4.69) is 61.2 Å². The number of carboxylic acid groups (broad SMARTS) is 1. The van der Waals surface area contributed by atoms with Gasteiger partial charge in [0.05, 0.1) is 5.69 Å². The molecular formula is C26H29NO3S. The number of hydrogen-bond acceptors (Lipinski definition) is 4. The van der Waals surface area contributed by atoms with Crippen molar-refractivity contribution in [1.29, 1.82) is 0 Å². The zero-order chi connectivity index (χ0) is 22.2. The molecule has 162 valence electrons. The molecule has 0 unspecified atom stereocenters. The number of carboxylic acids is 1. The van der Waals surface area contributed by atoms with Gasteiger partial charge in [0.15, 0.2) is 0 Å². The molecule has 0 spiro atoms. The minimum Gasteiger partial charge on any atom is -0.507 e. The average molecular weight is 436 g/mol. The molecule has 31 heavy (non-hydrogen) atoms. The highest BCUT2D eigenvalue weighted by Gasteiger charge is 2.15. The molecule has 4 nitrogen and oxygen atoms in total. The van der Waals surface area contributed by atoms with E-state index in [1.165, 1.54) is 71.1 Å². The van der Waals surface area contributed by atoms with Gasteiger partial charge in [0.25, 0.3) is 0 Å². The standard InChI is InChI=1S/C19H23NS.C7H6O3/c1-15-10-11-18(16(2)14-15)21-19-9-5-4-8-17(19)20-12-6-3-7-13-20;8-6-4-2-1-3-5(6)7(9)10/h4-5,8-11,14H,3,6-7,12-13H2,1-2H3;1-4,8H,(H,9,10). The van der Waals surface area contributed by atoms with Crippen LogP contribution in [0.4, 0.5) is 5.69 Å².